The third-order valence-electron chi connectivity index (χ3n) is 0.272. The van der Waals surface area contributed by atoms with E-state index in [4.69, 9.17) is 40.5 Å². The minimum atomic E-state index is -5.17. The molecule has 0 heterocycles. The smallest absolute Gasteiger partial charge is 0.759 e. The number of rotatable bonds is 2. The molecule has 0 spiro atoms. The van der Waals surface area contributed by atoms with Crippen molar-refractivity contribution in [2.24, 2.45) is 22.9 Å². The molecule has 0 saturated heterocycles. The largest absolute Gasteiger partial charge is 2.00 e. The predicted octanol–water partition coefficient (Wildman–Crippen LogP) is -3.21. The van der Waals surface area contributed by atoms with Crippen molar-refractivity contribution in [1.29, 1.82) is 0 Å². The van der Waals surface area contributed by atoms with Crippen molar-refractivity contribution in [2.45, 2.75) is 0 Å². The predicted molar refractivity (Wildman–Crippen MR) is 45.6 cm³/mol. The first kappa shape index (κ1) is 29.8. The molecule has 0 unspecified atom stereocenters. The molecule has 0 amide bonds. The fourth-order valence-electron chi connectivity index (χ4n) is 0. The minimum Gasteiger partial charge on any atom is -0.759 e. The average Bonchev–Trinajstić information content (AvgIpc) is 2.01. The molecule has 0 aromatic carbocycles. The quantitative estimate of drug-likeness (QED) is 0.154. The second kappa shape index (κ2) is 24.3. The summed E-state index contributed by atoms with van der Waals surface area (Å²) >= 11 is 0. The maximum atomic E-state index is 8.52. The Labute approximate surface area is 117 Å². The van der Waals surface area contributed by atoms with Crippen molar-refractivity contribution in [3.63, 3.8) is 0 Å². The van der Waals surface area contributed by atoms with Crippen molar-refractivity contribution < 1.29 is 58.4 Å². The topological polar surface area (TPSA) is 184 Å². The Kier molecular flexibility index (Phi) is 48.3. The van der Waals surface area contributed by atoms with E-state index < -0.39 is 10.4 Å². The van der Waals surface area contributed by atoms with Crippen molar-refractivity contribution in [2.75, 3.05) is 13.1 Å². The number of hydrogen-bond donors (Lipinski definition) is 4. The summed E-state index contributed by atoms with van der Waals surface area (Å²) in [6, 6.07) is 0. The van der Waals surface area contributed by atoms with Crippen LogP contribution >= 0.6 is 0 Å². The number of hydrogen-bond acceptors (Lipinski definition) is 8. The molecule has 100 valence electrons. The summed E-state index contributed by atoms with van der Waals surface area (Å²) in [6.45, 7) is 3.75. The molecule has 0 rings (SSSR count). The van der Waals surface area contributed by atoms with Crippen LogP contribution in [0.1, 0.15) is 0 Å². The van der Waals surface area contributed by atoms with Gasteiger partial charge in [0.1, 0.15) is 0 Å². The van der Waals surface area contributed by atoms with E-state index in [9.17, 15) is 0 Å². The zero-order valence-corrected chi connectivity index (χ0v) is 11.5. The van der Waals surface area contributed by atoms with E-state index >= 15 is 0 Å². The van der Waals surface area contributed by atoms with Crippen LogP contribution in [0.5, 0.6) is 0 Å². The van der Waals surface area contributed by atoms with Crippen LogP contribution in [0.4, 0.5) is 0 Å². The molecule has 8 nitrogen and oxygen atoms in total. The van der Waals surface area contributed by atoms with E-state index in [1.807, 2.05) is 0 Å². The molecular weight excluding hydrogens is 413 g/mol. The van der Waals surface area contributed by atoms with Crippen LogP contribution in [0.25, 0.3) is 0 Å². The molecule has 0 fully saturated rings. The Bertz CT molecular complexity index is 152. The van der Waals surface area contributed by atoms with Gasteiger partial charge in [0.2, 0.25) is 0 Å². The molecule has 0 aromatic rings. The molecule has 0 atom stereocenters. The summed E-state index contributed by atoms with van der Waals surface area (Å²) in [6.07, 6.45) is 0. The molecule has 0 aliphatic carbocycles. The van der Waals surface area contributed by atoms with Gasteiger partial charge in [0, 0.05) is 10.4 Å². The van der Waals surface area contributed by atoms with Gasteiger partial charge in [-0.15, -0.1) is 13.1 Å². The zero-order valence-electron chi connectivity index (χ0n) is 7.55. The third kappa shape index (κ3) is 277. The molecule has 0 aliphatic heterocycles. The van der Waals surface area contributed by atoms with Crippen molar-refractivity contribution in [1.82, 2.24) is 0 Å². The van der Waals surface area contributed by atoms with Crippen LogP contribution in [-0.2, 0) is 51.2 Å². The maximum absolute atomic E-state index is 8.52. The Balaban J connectivity index is -0.0000000315. The standard InChI is InChI=1S/2C2H7N2.H2O4S.2Pd/c2*3-1-2-4;1-5(2,3)4;;/h2*1H,2-4H2;(H2,1,2,3,4);;/q2*-1;;2*+2/p-2. The normalized spacial score (nSPS) is 7.87. The van der Waals surface area contributed by atoms with E-state index in [1.54, 1.807) is 0 Å². The van der Waals surface area contributed by atoms with E-state index in [2.05, 4.69) is 0 Å². The van der Waals surface area contributed by atoms with Gasteiger partial charge >= 0.3 is 40.8 Å². The fraction of sp³-hybridized carbons (Fsp3) is 0.500. The number of nitrogens with two attached hydrogens (primary N) is 4. The summed E-state index contributed by atoms with van der Waals surface area (Å²) in [7, 11) is -5.17. The third-order valence-corrected chi connectivity index (χ3v) is 0.272. The first-order chi connectivity index (χ1) is 5.83. The van der Waals surface area contributed by atoms with Crippen LogP contribution in [0.2, 0.25) is 0 Å². The van der Waals surface area contributed by atoms with Gasteiger partial charge < -0.3 is 32.0 Å². The van der Waals surface area contributed by atoms with Gasteiger partial charge in [-0.25, -0.2) is 0 Å². The van der Waals surface area contributed by atoms with Gasteiger partial charge in [0.05, 0.1) is 0 Å². The molecule has 0 bridgehead atoms. The van der Waals surface area contributed by atoms with E-state index in [0.29, 0.717) is 13.1 Å². The zero-order chi connectivity index (χ0) is 11.3. The van der Waals surface area contributed by atoms with Gasteiger partial charge in [-0.3, -0.25) is 21.5 Å². The fourth-order valence-corrected chi connectivity index (χ4v) is 0. The summed E-state index contributed by atoms with van der Waals surface area (Å²) in [5.74, 6) is 0. The summed E-state index contributed by atoms with van der Waals surface area (Å²) in [5.41, 5.74) is 19.2. The SMILES string of the molecule is N[CH-]CN.N[CH-]CN.O=S(=O)([O-])[O-].[Pd+2].[Pd+2]. The average molecular weight is 427 g/mol. The second-order valence-corrected chi connectivity index (χ2v) is 2.17. The molecule has 0 aliphatic rings. The van der Waals surface area contributed by atoms with Crippen LogP contribution in [0.15, 0.2) is 0 Å². The molecule has 0 aromatic heterocycles. The van der Waals surface area contributed by atoms with Gasteiger partial charge in [-0.2, -0.15) is 0 Å². The van der Waals surface area contributed by atoms with Gasteiger partial charge in [0.15, 0.2) is 0 Å². The molecule has 15 heavy (non-hydrogen) atoms. The van der Waals surface area contributed by atoms with Crippen molar-refractivity contribution in [3.05, 3.63) is 13.1 Å². The summed E-state index contributed by atoms with van der Waals surface area (Å²) in [5, 5.41) is 0. The Morgan fingerprint density at radius 2 is 1.00 bits per heavy atom. The van der Waals surface area contributed by atoms with E-state index in [1.165, 1.54) is 13.1 Å². The Morgan fingerprint density at radius 1 is 0.933 bits per heavy atom. The van der Waals surface area contributed by atoms with Crippen LogP contribution in [-0.4, -0.2) is 30.6 Å². The van der Waals surface area contributed by atoms with E-state index in [-0.39, 0.29) is 40.8 Å². The first-order valence-electron chi connectivity index (χ1n) is 2.97. The van der Waals surface area contributed by atoms with Crippen molar-refractivity contribution in [3.8, 4) is 0 Å². The molecule has 0 saturated carbocycles. The van der Waals surface area contributed by atoms with Gasteiger partial charge in [-0.05, 0) is 0 Å². The van der Waals surface area contributed by atoms with Gasteiger partial charge in [0.25, 0.3) is 0 Å². The van der Waals surface area contributed by atoms with Crippen LogP contribution < -0.4 is 22.9 Å². The van der Waals surface area contributed by atoms with Crippen LogP contribution in [0.3, 0.4) is 0 Å². The molecule has 0 radical (unpaired) electrons. The Morgan fingerprint density at radius 3 is 1.00 bits per heavy atom. The molecular formula is C4H14N4O4Pd2S. The first-order valence-corrected chi connectivity index (χ1v) is 4.30. The van der Waals surface area contributed by atoms with Gasteiger partial charge in [-0.1, -0.05) is 0 Å². The molecule has 8 N–H and O–H groups in total. The minimum absolute atomic E-state index is 0. The summed E-state index contributed by atoms with van der Waals surface area (Å²) in [4.78, 5) is 0. The molecule has 11 heteroatoms. The monoisotopic (exact) mass is 426 g/mol. The van der Waals surface area contributed by atoms with Crippen LogP contribution in [0, 0.1) is 13.1 Å². The second-order valence-electron chi connectivity index (χ2n) is 1.35. The van der Waals surface area contributed by atoms with Crippen molar-refractivity contribution >= 4 is 10.4 Å². The van der Waals surface area contributed by atoms with E-state index in [0.717, 1.165) is 0 Å². The Hall–Kier alpha value is 1.03. The summed E-state index contributed by atoms with van der Waals surface area (Å²) < 4.78 is 34.1. The maximum Gasteiger partial charge on any atom is 2.00 e.